The van der Waals surface area contributed by atoms with Crippen LogP contribution in [0.4, 0.5) is 0 Å². The van der Waals surface area contributed by atoms with Gasteiger partial charge < -0.3 is 10.4 Å². The predicted octanol–water partition coefficient (Wildman–Crippen LogP) is 1.83. The third-order valence-corrected chi connectivity index (χ3v) is 4.23. The van der Waals surface area contributed by atoms with Gasteiger partial charge in [-0.1, -0.05) is 26.0 Å². The number of β-amino-alcohol motifs (C(OH)–C–C–N with tert-alkyl or cyclic N) is 1. The highest BCUT2D eigenvalue weighted by Crippen LogP contribution is 2.18. The number of nitrogens with zero attached hydrogens (tertiary/aromatic N) is 2. The van der Waals surface area contributed by atoms with Gasteiger partial charge in [0, 0.05) is 25.0 Å². The van der Waals surface area contributed by atoms with E-state index >= 15 is 0 Å². The molecule has 1 aromatic rings. The van der Waals surface area contributed by atoms with E-state index in [0.717, 1.165) is 31.5 Å². The van der Waals surface area contributed by atoms with Crippen molar-refractivity contribution in [2.45, 2.75) is 38.8 Å². The Labute approximate surface area is 137 Å². The summed E-state index contributed by atoms with van der Waals surface area (Å²) < 4.78 is 0. The average Bonchev–Trinajstić information content (AvgIpc) is 2.55. The average molecular weight is 315 g/mol. The van der Waals surface area contributed by atoms with Crippen LogP contribution in [0.2, 0.25) is 0 Å². The molecule has 0 radical (unpaired) electrons. The molecule has 0 bridgehead atoms. The second kappa shape index (κ2) is 8.09. The van der Waals surface area contributed by atoms with Gasteiger partial charge in [0.05, 0.1) is 17.7 Å². The fraction of sp³-hybridized carbons (Fsp3) is 0.556. The Balaban J connectivity index is 1.88. The summed E-state index contributed by atoms with van der Waals surface area (Å²) in [5.41, 5.74) is 1.41. The monoisotopic (exact) mass is 315 g/mol. The number of rotatable bonds is 5. The summed E-state index contributed by atoms with van der Waals surface area (Å²) in [6, 6.07) is 9.27. The summed E-state index contributed by atoms with van der Waals surface area (Å²) in [5, 5.41) is 22.3. The van der Waals surface area contributed by atoms with Crippen LogP contribution >= 0.6 is 0 Å². The van der Waals surface area contributed by atoms with Gasteiger partial charge in [-0.2, -0.15) is 5.26 Å². The van der Waals surface area contributed by atoms with Crippen molar-refractivity contribution in [3.8, 4) is 6.07 Å². The highest BCUT2D eigenvalue weighted by molar-refractivity contribution is 5.78. The Morgan fingerprint density at radius 3 is 2.74 bits per heavy atom. The third kappa shape index (κ3) is 5.05. The maximum atomic E-state index is 11.8. The minimum atomic E-state index is -0.581. The molecule has 1 heterocycles. The van der Waals surface area contributed by atoms with Gasteiger partial charge in [0.15, 0.2) is 0 Å². The first-order valence-corrected chi connectivity index (χ1v) is 8.20. The summed E-state index contributed by atoms with van der Waals surface area (Å²) in [6.07, 6.45) is 1.42. The number of nitrogens with one attached hydrogen (secondary N) is 1. The molecule has 1 saturated heterocycles. The van der Waals surface area contributed by atoms with Crippen molar-refractivity contribution in [2.24, 2.45) is 5.92 Å². The molecule has 2 rings (SSSR count). The molecule has 5 nitrogen and oxygen atoms in total. The standard InChI is InChI=1S/C18H25N3O2/c1-13(2)18(23)20-16-4-3-9-21(11-16)12-17(22)15-7-5-14(10-19)6-8-15/h5-8,13,16-17,22H,3-4,9,11-12H2,1-2H3,(H,20,23). The van der Waals surface area contributed by atoms with Crippen molar-refractivity contribution in [2.75, 3.05) is 19.6 Å². The molecule has 0 aliphatic carbocycles. The summed E-state index contributed by atoms with van der Waals surface area (Å²) in [5.74, 6) is 0.0825. The number of hydrogen-bond donors (Lipinski definition) is 2. The lowest BCUT2D eigenvalue weighted by molar-refractivity contribution is -0.125. The number of carbonyl (C=O) groups excluding carboxylic acids is 1. The molecule has 1 aliphatic rings. The Bertz CT molecular complexity index is 563. The first-order valence-electron chi connectivity index (χ1n) is 8.20. The minimum Gasteiger partial charge on any atom is -0.387 e. The molecule has 5 heteroatoms. The molecular weight excluding hydrogens is 290 g/mol. The lowest BCUT2D eigenvalue weighted by Gasteiger charge is -2.34. The van der Waals surface area contributed by atoms with Crippen LogP contribution in [-0.2, 0) is 4.79 Å². The Kier molecular flexibility index (Phi) is 6.14. The van der Waals surface area contributed by atoms with Gasteiger partial charge in [-0.25, -0.2) is 0 Å². The van der Waals surface area contributed by atoms with Gasteiger partial charge in [-0.05, 0) is 37.1 Å². The summed E-state index contributed by atoms with van der Waals surface area (Å²) >= 11 is 0. The molecular formula is C18H25N3O2. The molecule has 0 saturated carbocycles. The maximum Gasteiger partial charge on any atom is 0.222 e. The van der Waals surface area contributed by atoms with E-state index in [1.54, 1.807) is 24.3 Å². The number of benzene rings is 1. The number of piperidine rings is 1. The number of aliphatic hydroxyl groups is 1. The molecule has 1 amide bonds. The summed E-state index contributed by atoms with van der Waals surface area (Å²) in [7, 11) is 0. The highest BCUT2D eigenvalue weighted by atomic mass is 16.3. The van der Waals surface area contributed by atoms with Crippen molar-refractivity contribution < 1.29 is 9.90 Å². The van der Waals surface area contributed by atoms with Crippen LogP contribution in [0.5, 0.6) is 0 Å². The first-order chi connectivity index (χ1) is 11.0. The van der Waals surface area contributed by atoms with Crippen LogP contribution in [0.15, 0.2) is 24.3 Å². The molecule has 1 aliphatic heterocycles. The molecule has 1 aromatic carbocycles. The SMILES string of the molecule is CC(C)C(=O)NC1CCCN(CC(O)c2ccc(C#N)cc2)C1. The summed E-state index contributed by atoms with van der Waals surface area (Å²) in [4.78, 5) is 14.0. The van der Waals surface area contributed by atoms with Crippen LogP contribution in [0.25, 0.3) is 0 Å². The molecule has 2 N–H and O–H groups in total. The minimum absolute atomic E-state index is 0.00499. The molecule has 124 valence electrons. The van der Waals surface area contributed by atoms with E-state index in [1.165, 1.54) is 0 Å². The molecule has 0 aromatic heterocycles. The zero-order chi connectivity index (χ0) is 16.8. The number of amides is 1. The second-order valence-electron chi connectivity index (χ2n) is 6.51. The van der Waals surface area contributed by atoms with E-state index in [1.807, 2.05) is 13.8 Å². The number of likely N-dealkylation sites (tertiary alicyclic amines) is 1. The molecule has 2 unspecified atom stereocenters. The van der Waals surface area contributed by atoms with Gasteiger partial charge >= 0.3 is 0 Å². The Morgan fingerprint density at radius 2 is 2.13 bits per heavy atom. The van der Waals surface area contributed by atoms with Crippen LogP contribution in [0.3, 0.4) is 0 Å². The normalized spacial score (nSPS) is 20.0. The van der Waals surface area contributed by atoms with Gasteiger partial charge in [0.2, 0.25) is 5.91 Å². The first kappa shape index (κ1) is 17.5. The van der Waals surface area contributed by atoms with E-state index < -0.39 is 6.10 Å². The van der Waals surface area contributed by atoms with Gasteiger partial charge in [-0.3, -0.25) is 9.69 Å². The predicted molar refractivity (Wildman–Crippen MR) is 88.6 cm³/mol. The zero-order valence-corrected chi connectivity index (χ0v) is 13.8. The number of nitriles is 1. The third-order valence-electron chi connectivity index (χ3n) is 4.23. The van der Waals surface area contributed by atoms with Crippen LogP contribution < -0.4 is 5.32 Å². The van der Waals surface area contributed by atoms with Crippen molar-refractivity contribution in [1.82, 2.24) is 10.2 Å². The van der Waals surface area contributed by atoms with Crippen LogP contribution in [-0.4, -0.2) is 41.6 Å². The zero-order valence-electron chi connectivity index (χ0n) is 13.8. The van der Waals surface area contributed by atoms with Gasteiger partial charge in [0.1, 0.15) is 0 Å². The lowest BCUT2D eigenvalue weighted by atomic mass is 10.0. The molecule has 23 heavy (non-hydrogen) atoms. The van der Waals surface area contributed by atoms with Crippen LogP contribution in [0.1, 0.15) is 43.9 Å². The fourth-order valence-corrected chi connectivity index (χ4v) is 2.84. The molecule has 0 spiro atoms. The van der Waals surface area contributed by atoms with Crippen molar-refractivity contribution in [1.29, 1.82) is 5.26 Å². The largest absolute Gasteiger partial charge is 0.387 e. The van der Waals surface area contributed by atoms with Crippen molar-refractivity contribution in [3.05, 3.63) is 35.4 Å². The van der Waals surface area contributed by atoms with Crippen molar-refractivity contribution >= 4 is 5.91 Å². The van der Waals surface area contributed by atoms with Gasteiger partial charge in [-0.15, -0.1) is 0 Å². The fourth-order valence-electron chi connectivity index (χ4n) is 2.84. The number of carbonyl (C=O) groups is 1. The van der Waals surface area contributed by atoms with E-state index in [9.17, 15) is 9.90 Å². The Hall–Kier alpha value is -1.90. The van der Waals surface area contributed by atoms with Crippen LogP contribution in [0, 0.1) is 17.2 Å². The molecule has 2 atom stereocenters. The van der Waals surface area contributed by atoms with E-state index in [0.29, 0.717) is 12.1 Å². The Morgan fingerprint density at radius 1 is 1.43 bits per heavy atom. The van der Waals surface area contributed by atoms with E-state index in [2.05, 4.69) is 16.3 Å². The van der Waals surface area contributed by atoms with Gasteiger partial charge in [0.25, 0.3) is 0 Å². The molecule has 1 fully saturated rings. The van der Waals surface area contributed by atoms with E-state index in [4.69, 9.17) is 5.26 Å². The quantitative estimate of drug-likeness (QED) is 0.869. The highest BCUT2D eigenvalue weighted by Gasteiger charge is 2.24. The lowest BCUT2D eigenvalue weighted by Crippen LogP contribution is -2.49. The number of aliphatic hydroxyl groups excluding tert-OH is 1. The van der Waals surface area contributed by atoms with Crippen molar-refractivity contribution in [3.63, 3.8) is 0 Å². The maximum absolute atomic E-state index is 11.8. The smallest absolute Gasteiger partial charge is 0.222 e. The summed E-state index contributed by atoms with van der Waals surface area (Å²) in [6.45, 7) is 6.03. The topological polar surface area (TPSA) is 76.4 Å². The number of hydrogen-bond acceptors (Lipinski definition) is 4. The second-order valence-corrected chi connectivity index (χ2v) is 6.51. The van der Waals surface area contributed by atoms with E-state index in [-0.39, 0.29) is 17.9 Å².